The van der Waals surface area contributed by atoms with Crippen LogP contribution in [0.4, 0.5) is 0 Å². The van der Waals surface area contributed by atoms with Crippen molar-refractivity contribution in [3.05, 3.63) is 30.0 Å². The number of hydrogen-bond acceptors (Lipinski definition) is 4. The summed E-state index contributed by atoms with van der Waals surface area (Å²) in [7, 11) is 0. The lowest BCUT2D eigenvalue weighted by molar-refractivity contribution is -0.138. The summed E-state index contributed by atoms with van der Waals surface area (Å²) in [6.45, 7) is 1.80. The van der Waals surface area contributed by atoms with E-state index in [-0.39, 0.29) is 18.4 Å². The lowest BCUT2D eigenvalue weighted by Gasteiger charge is -2.34. The highest BCUT2D eigenvalue weighted by molar-refractivity contribution is 9.09. The molecular formula is C14H15BrN2O3. The first-order valence-corrected chi connectivity index (χ1v) is 7.68. The maximum absolute atomic E-state index is 12.4. The average Bonchev–Trinajstić information content (AvgIpc) is 2.90. The highest BCUT2D eigenvalue weighted by atomic mass is 79.9. The molecule has 0 N–H and O–H groups in total. The number of halogens is 1. The third kappa shape index (κ3) is 2.58. The third-order valence-corrected chi connectivity index (χ3v) is 4.24. The Bertz CT molecular complexity index is 613. The van der Waals surface area contributed by atoms with E-state index in [9.17, 15) is 4.79 Å². The molecule has 1 fully saturated rings. The van der Waals surface area contributed by atoms with Crippen LogP contribution in [-0.4, -0.2) is 47.1 Å². The van der Waals surface area contributed by atoms with Crippen LogP contribution in [0, 0.1) is 0 Å². The fourth-order valence-corrected chi connectivity index (χ4v) is 2.96. The van der Waals surface area contributed by atoms with Gasteiger partial charge in [-0.3, -0.25) is 4.79 Å². The van der Waals surface area contributed by atoms with Gasteiger partial charge >= 0.3 is 0 Å². The Morgan fingerprint density at radius 2 is 2.30 bits per heavy atom. The molecule has 0 radical (unpaired) electrons. The molecular weight excluding hydrogens is 324 g/mol. The molecule has 1 aromatic heterocycles. The van der Waals surface area contributed by atoms with Gasteiger partial charge in [0, 0.05) is 17.3 Å². The van der Waals surface area contributed by atoms with Gasteiger partial charge in [0.1, 0.15) is 5.69 Å². The number of fused-ring (bicyclic) bond motifs is 1. The van der Waals surface area contributed by atoms with Crippen LogP contribution in [-0.2, 0) is 16.0 Å². The van der Waals surface area contributed by atoms with Gasteiger partial charge in [-0.1, -0.05) is 33.2 Å². The van der Waals surface area contributed by atoms with E-state index < -0.39 is 0 Å². The first kappa shape index (κ1) is 13.6. The summed E-state index contributed by atoms with van der Waals surface area (Å²) in [4.78, 5) is 14.3. The predicted molar refractivity (Wildman–Crippen MR) is 77.8 cm³/mol. The highest BCUT2D eigenvalue weighted by Crippen LogP contribution is 2.19. The SMILES string of the molecule is O=C(Cc1noc2ccccc12)N1CCOCC1CBr. The number of alkyl halides is 1. The summed E-state index contributed by atoms with van der Waals surface area (Å²) >= 11 is 3.43. The van der Waals surface area contributed by atoms with Crippen molar-refractivity contribution in [2.45, 2.75) is 12.5 Å². The smallest absolute Gasteiger partial charge is 0.229 e. The summed E-state index contributed by atoms with van der Waals surface area (Å²) in [5.41, 5.74) is 1.42. The molecule has 1 unspecified atom stereocenters. The van der Waals surface area contributed by atoms with Gasteiger partial charge in [-0.15, -0.1) is 0 Å². The minimum absolute atomic E-state index is 0.0665. The number of nitrogens with zero attached hydrogens (tertiary/aromatic N) is 2. The molecule has 20 heavy (non-hydrogen) atoms. The van der Waals surface area contributed by atoms with Crippen LogP contribution in [0.1, 0.15) is 5.69 Å². The quantitative estimate of drug-likeness (QED) is 0.803. The van der Waals surface area contributed by atoms with E-state index in [0.29, 0.717) is 31.0 Å². The van der Waals surface area contributed by atoms with Gasteiger partial charge in [0.25, 0.3) is 0 Å². The molecule has 0 bridgehead atoms. The van der Waals surface area contributed by atoms with Crippen molar-refractivity contribution < 1.29 is 14.1 Å². The van der Waals surface area contributed by atoms with E-state index >= 15 is 0 Å². The van der Waals surface area contributed by atoms with Crippen LogP contribution < -0.4 is 0 Å². The third-order valence-electron chi connectivity index (χ3n) is 3.50. The van der Waals surface area contributed by atoms with Crippen LogP contribution in [0.3, 0.4) is 0 Å². The van der Waals surface area contributed by atoms with Gasteiger partial charge < -0.3 is 14.2 Å². The molecule has 1 atom stereocenters. The summed E-state index contributed by atoms with van der Waals surface area (Å²) in [5, 5.41) is 5.64. The van der Waals surface area contributed by atoms with Crippen LogP contribution >= 0.6 is 15.9 Å². The first-order valence-electron chi connectivity index (χ1n) is 6.56. The van der Waals surface area contributed by atoms with Crippen molar-refractivity contribution in [3.63, 3.8) is 0 Å². The van der Waals surface area contributed by atoms with Gasteiger partial charge in [0.2, 0.25) is 5.91 Å². The van der Waals surface area contributed by atoms with E-state index in [2.05, 4.69) is 21.1 Å². The van der Waals surface area contributed by atoms with Crippen molar-refractivity contribution in [1.29, 1.82) is 0 Å². The second-order valence-electron chi connectivity index (χ2n) is 4.77. The van der Waals surface area contributed by atoms with E-state index in [1.807, 2.05) is 29.2 Å². The van der Waals surface area contributed by atoms with E-state index in [4.69, 9.17) is 9.26 Å². The molecule has 0 spiro atoms. The second-order valence-corrected chi connectivity index (χ2v) is 5.42. The van der Waals surface area contributed by atoms with E-state index in [1.54, 1.807) is 0 Å². The van der Waals surface area contributed by atoms with Crippen LogP contribution in [0.25, 0.3) is 11.0 Å². The van der Waals surface area contributed by atoms with Crippen LogP contribution in [0.2, 0.25) is 0 Å². The monoisotopic (exact) mass is 338 g/mol. The Hall–Kier alpha value is -1.40. The number of benzene rings is 1. The predicted octanol–water partition coefficient (Wildman–Crippen LogP) is 1.99. The Morgan fingerprint density at radius 3 is 3.15 bits per heavy atom. The maximum atomic E-state index is 12.4. The molecule has 1 aliphatic heterocycles. The van der Waals surface area contributed by atoms with Gasteiger partial charge in [-0.2, -0.15) is 0 Å². The number of carbonyl (C=O) groups is 1. The molecule has 1 aromatic carbocycles. The molecule has 0 saturated carbocycles. The van der Waals surface area contributed by atoms with Gasteiger partial charge in [-0.05, 0) is 12.1 Å². The van der Waals surface area contributed by atoms with Crippen molar-refractivity contribution >= 4 is 32.8 Å². The maximum Gasteiger partial charge on any atom is 0.229 e. The Labute approximate surface area is 125 Å². The van der Waals surface area contributed by atoms with Crippen molar-refractivity contribution in [2.75, 3.05) is 25.1 Å². The summed E-state index contributed by atoms with van der Waals surface area (Å²) in [6.07, 6.45) is 0.264. The number of carbonyl (C=O) groups excluding carboxylic acids is 1. The molecule has 6 heteroatoms. The lowest BCUT2D eigenvalue weighted by Crippen LogP contribution is -2.50. The number of amides is 1. The zero-order chi connectivity index (χ0) is 13.9. The normalized spacial score (nSPS) is 19.4. The van der Waals surface area contributed by atoms with Gasteiger partial charge in [0.05, 0.1) is 25.7 Å². The van der Waals surface area contributed by atoms with Gasteiger partial charge in [-0.25, -0.2) is 0 Å². The number of morpholine rings is 1. The zero-order valence-electron chi connectivity index (χ0n) is 10.9. The fourth-order valence-electron chi connectivity index (χ4n) is 2.42. The lowest BCUT2D eigenvalue weighted by atomic mass is 10.1. The van der Waals surface area contributed by atoms with E-state index in [0.717, 1.165) is 10.7 Å². The highest BCUT2D eigenvalue weighted by Gasteiger charge is 2.27. The topological polar surface area (TPSA) is 55.6 Å². The Balaban J connectivity index is 1.78. The molecule has 5 nitrogen and oxygen atoms in total. The molecule has 106 valence electrons. The number of ether oxygens (including phenoxy) is 1. The Kier molecular flexibility index (Phi) is 4.03. The van der Waals surface area contributed by atoms with Crippen molar-refractivity contribution in [2.24, 2.45) is 0 Å². The van der Waals surface area contributed by atoms with Crippen LogP contribution in [0.15, 0.2) is 28.8 Å². The molecule has 1 amide bonds. The standard InChI is InChI=1S/C14H15BrN2O3/c15-8-10-9-19-6-5-17(10)14(18)7-12-11-3-1-2-4-13(11)20-16-12/h1-4,10H,5-9H2. The summed E-state index contributed by atoms with van der Waals surface area (Å²) < 4.78 is 10.6. The van der Waals surface area contributed by atoms with Gasteiger partial charge in [0.15, 0.2) is 5.58 Å². The minimum atomic E-state index is 0.0665. The Morgan fingerprint density at radius 1 is 1.45 bits per heavy atom. The van der Waals surface area contributed by atoms with Crippen molar-refractivity contribution in [1.82, 2.24) is 10.1 Å². The number of para-hydroxylation sites is 1. The first-order chi connectivity index (χ1) is 9.79. The molecule has 2 heterocycles. The summed E-state index contributed by atoms with van der Waals surface area (Å²) in [5.74, 6) is 0.0665. The number of rotatable bonds is 3. The zero-order valence-corrected chi connectivity index (χ0v) is 12.5. The second kappa shape index (κ2) is 5.93. The molecule has 1 saturated heterocycles. The molecule has 3 rings (SSSR count). The minimum Gasteiger partial charge on any atom is -0.377 e. The van der Waals surface area contributed by atoms with Crippen molar-refractivity contribution in [3.8, 4) is 0 Å². The average molecular weight is 339 g/mol. The van der Waals surface area contributed by atoms with E-state index in [1.165, 1.54) is 0 Å². The molecule has 0 aliphatic carbocycles. The largest absolute Gasteiger partial charge is 0.377 e. The van der Waals surface area contributed by atoms with Crippen LogP contribution in [0.5, 0.6) is 0 Å². The molecule has 1 aliphatic rings. The number of hydrogen-bond donors (Lipinski definition) is 0. The fraction of sp³-hybridized carbons (Fsp3) is 0.429. The number of aromatic nitrogens is 1. The summed E-state index contributed by atoms with van der Waals surface area (Å²) in [6, 6.07) is 7.68. The molecule has 2 aromatic rings.